The van der Waals surface area contributed by atoms with Crippen LogP contribution >= 0.6 is 0 Å². The molecule has 136 valence electrons. The molecule has 8 heteroatoms. The summed E-state index contributed by atoms with van der Waals surface area (Å²) in [5.41, 5.74) is 8.38. The van der Waals surface area contributed by atoms with Crippen LogP contribution in [0.4, 0.5) is 5.95 Å². The minimum Gasteiger partial charge on any atom is -0.497 e. The first kappa shape index (κ1) is 17.7. The van der Waals surface area contributed by atoms with Crippen molar-refractivity contribution in [3.63, 3.8) is 0 Å². The lowest BCUT2D eigenvalue weighted by atomic mass is 10.1. The Balaban J connectivity index is 1.45. The summed E-state index contributed by atoms with van der Waals surface area (Å²) in [5.74, 6) is 1.29. The Bertz CT molecular complexity index is 853. The van der Waals surface area contributed by atoms with Crippen molar-refractivity contribution in [1.82, 2.24) is 25.0 Å². The number of nitrogens with one attached hydrogen (secondary N) is 1. The number of aromatic amines is 1. The van der Waals surface area contributed by atoms with E-state index in [9.17, 15) is 4.79 Å². The smallest absolute Gasteiger partial charge is 0.197 e. The van der Waals surface area contributed by atoms with Crippen molar-refractivity contribution < 1.29 is 9.53 Å². The summed E-state index contributed by atoms with van der Waals surface area (Å²) < 4.78 is 6.71. The van der Waals surface area contributed by atoms with Crippen molar-refractivity contribution in [2.24, 2.45) is 0 Å². The van der Waals surface area contributed by atoms with Crippen LogP contribution in [-0.2, 0) is 30.6 Å². The van der Waals surface area contributed by atoms with E-state index >= 15 is 0 Å². The number of H-pyrrole nitrogens is 1. The van der Waals surface area contributed by atoms with Gasteiger partial charge in [-0.05, 0) is 37.0 Å². The number of ether oxygens (including phenoxy) is 1. The second-order valence-corrected chi connectivity index (χ2v) is 6.12. The molecule has 0 aliphatic carbocycles. The van der Waals surface area contributed by atoms with Gasteiger partial charge in [-0.15, -0.1) is 5.10 Å². The fourth-order valence-electron chi connectivity index (χ4n) is 2.70. The van der Waals surface area contributed by atoms with Crippen LogP contribution < -0.4 is 10.5 Å². The number of carbonyl (C=O) groups excluding carboxylic acids is 1. The van der Waals surface area contributed by atoms with Gasteiger partial charge in [-0.1, -0.05) is 17.3 Å². The lowest BCUT2D eigenvalue weighted by Gasteiger charge is -2.03. The zero-order valence-electron chi connectivity index (χ0n) is 14.7. The number of hydrogen-bond donors (Lipinski definition) is 2. The summed E-state index contributed by atoms with van der Waals surface area (Å²) in [6.45, 7) is 0.218. The second kappa shape index (κ2) is 8.28. The van der Waals surface area contributed by atoms with Crippen LogP contribution in [0.2, 0.25) is 0 Å². The molecule has 2 heterocycles. The number of Topliss-reactive ketones (excluding diaryl/α,β-unsaturated/α-hetero) is 1. The first-order valence-electron chi connectivity index (χ1n) is 8.45. The molecular weight excluding hydrogens is 332 g/mol. The summed E-state index contributed by atoms with van der Waals surface area (Å²) in [5, 5.41) is 8.17. The number of methoxy groups -OCH3 is 1. The Kier molecular flexibility index (Phi) is 5.62. The topological polar surface area (TPSA) is 112 Å². The van der Waals surface area contributed by atoms with Crippen LogP contribution in [0.1, 0.15) is 23.4 Å². The van der Waals surface area contributed by atoms with E-state index < -0.39 is 0 Å². The zero-order valence-corrected chi connectivity index (χ0v) is 14.7. The van der Waals surface area contributed by atoms with Crippen molar-refractivity contribution in [1.29, 1.82) is 0 Å². The fraction of sp³-hybridized carbons (Fsp3) is 0.333. The monoisotopic (exact) mass is 354 g/mol. The molecule has 26 heavy (non-hydrogen) atoms. The number of benzene rings is 1. The number of rotatable bonds is 9. The number of ketones is 1. The molecule has 0 spiro atoms. The molecule has 1 aromatic carbocycles. The van der Waals surface area contributed by atoms with Crippen LogP contribution in [-0.4, -0.2) is 37.9 Å². The van der Waals surface area contributed by atoms with Crippen molar-refractivity contribution in [3.05, 3.63) is 53.6 Å². The Morgan fingerprint density at radius 1 is 1.27 bits per heavy atom. The molecule has 0 amide bonds. The Labute approximate surface area is 151 Å². The molecule has 0 unspecified atom stereocenters. The maximum atomic E-state index is 12.2. The van der Waals surface area contributed by atoms with Crippen LogP contribution in [0.25, 0.3) is 0 Å². The largest absolute Gasteiger partial charge is 0.497 e. The molecule has 3 aromatic rings. The van der Waals surface area contributed by atoms with E-state index in [0.29, 0.717) is 12.4 Å². The summed E-state index contributed by atoms with van der Waals surface area (Å²) in [6, 6.07) is 7.49. The SMILES string of the molecule is COc1ccc(CC(=O)Cn2cc(CCCc3cnc(N)[nH]3)nn2)cc1. The van der Waals surface area contributed by atoms with E-state index in [0.717, 1.165) is 42.0 Å². The molecule has 0 saturated heterocycles. The number of anilines is 1. The van der Waals surface area contributed by atoms with E-state index in [1.807, 2.05) is 30.5 Å². The molecule has 0 aliphatic rings. The molecule has 3 rings (SSSR count). The van der Waals surface area contributed by atoms with Gasteiger partial charge in [0, 0.05) is 18.3 Å². The van der Waals surface area contributed by atoms with E-state index in [2.05, 4.69) is 20.3 Å². The van der Waals surface area contributed by atoms with E-state index in [4.69, 9.17) is 10.5 Å². The van der Waals surface area contributed by atoms with Crippen LogP contribution in [0.5, 0.6) is 5.75 Å². The summed E-state index contributed by atoms with van der Waals surface area (Å²) in [6.07, 6.45) is 6.46. The fourth-order valence-corrected chi connectivity index (χ4v) is 2.70. The normalized spacial score (nSPS) is 10.8. The number of aryl methyl sites for hydroxylation is 2. The summed E-state index contributed by atoms with van der Waals surface area (Å²) >= 11 is 0. The third kappa shape index (κ3) is 4.92. The van der Waals surface area contributed by atoms with E-state index in [-0.39, 0.29) is 12.3 Å². The average Bonchev–Trinajstić information content (AvgIpc) is 3.24. The van der Waals surface area contributed by atoms with E-state index in [1.54, 1.807) is 18.0 Å². The summed E-state index contributed by atoms with van der Waals surface area (Å²) in [4.78, 5) is 19.2. The molecular formula is C18H22N6O2. The van der Waals surface area contributed by atoms with E-state index in [1.165, 1.54) is 0 Å². The molecule has 0 atom stereocenters. The highest BCUT2D eigenvalue weighted by Gasteiger charge is 2.08. The van der Waals surface area contributed by atoms with Gasteiger partial charge in [0.15, 0.2) is 11.7 Å². The molecule has 0 saturated carbocycles. The van der Waals surface area contributed by atoms with Crippen LogP contribution in [0.15, 0.2) is 36.7 Å². The van der Waals surface area contributed by atoms with Gasteiger partial charge in [0.1, 0.15) is 12.3 Å². The molecule has 8 nitrogen and oxygen atoms in total. The van der Waals surface area contributed by atoms with Gasteiger partial charge in [-0.2, -0.15) is 0 Å². The number of imidazole rings is 1. The van der Waals surface area contributed by atoms with Gasteiger partial charge in [0.2, 0.25) is 0 Å². The quantitative estimate of drug-likeness (QED) is 0.603. The Morgan fingerprint density at radius 2 is 2.08 bits per heavy atom. The maximum absolute atomic E-state index is 12.2. The standard InChI is InChI=1S/C18H22N6O2/c1-26-17-7-5-13(6-8-17)9-16(25)12-24-11-15(22-23-24)4-2-3-14-10-20-18(19)21-14/h5-8,10-11H,2-4,9,12H2,1H3,(H3,19,20,21). The molecule has 0 radical (unpaired) electrons. The number of aromatic nitrogens is 5. The Morgan fingerprint density at radius 3 is 2.77 bits per heavy atom. The van der Waals surface area contributed by atoms with Gasteiger partial charge in [0.05, 0.1) is 19.0 Å². The minimum atomic E-state index is 0.0829. The molecule has 0 bridgehead atoms. The molecule has 0 fully saturated rings. The van der Waals surface area contributed by atoms with Crippen molar-refractivity contribution >= 4 is 11.7 Å². The third-order valence-corrected chi connectivity index (χ3v) is 4.01. The first-order valence-corrected chi connectivity index (χ1v) is 8.45. The number of nitrogens with zero attached hydrogens (tertiary/aromatic N) is 4. The second-order valence-electron chi connectivity index (χ2n) is 6.12. The first-order chi connectivity index (χ1) is 12.6. The Hall–Kier alpha value is -3.16. The highest BCUT2D eigenvalue weighted by Crippen LogP contribution is 2.12. The predicted molar refractivity (Wildman–Crippen MR) is 96.8 cm³/mol. The lowest BCUT2D eigenvalue weighted by Crippen LogP contribution is -2.13. The number of hydrogen-bond acceptors (Lipinski definition) is 6. The van der Waals surface area contributed by atoms with Gasteiger partial charge in [-0.25, -0.2) is 9.67 Å². The van der Waals surface area contributed by atoms with Gasteiger partial charge in [-0.3, -0.25) is 4.79 Å². The van der Waals surface area contributed by atoms with Gasteiger partial charge in [0.25, 0.3) is 0 Å². The predicted octanol–water partition coefficient (Wildman–Crippen LogP) is 1.58. The summed E-state index contributed by atoms with van der Waals surface area (Å²) in [7, 11) is 1.62. The molecule has 2 aromatic heterocycles. The number of nitrogen functional groups attached to an aromatic ring is 1. The molecule has 0 aliphatic heterocycles. The van der Waals surface area contributed by atoms with Crippen LogP contribution in [0.3, 0.4) is 0 Å². The van der Waals surface area contributed by atoms with Gasteiger partial charge < -0.3 is 15.5 Å². The lowest BCUT2D eigenvalue weighted by molar-refractivity contribution is -0.119. The average molecular weight is 354 g/mol. The third-order valence-electron chi connectivity index (χ3n) is 4.01. The van der Waals surface area contributed by atoms with Gasteiger partial charge >= 0.3 is 0 Å². The highest BCUT2D eigenvalue weighted by atomic mass is 16.5. The number of carbonyl (C=O) groups is 1. The van der Waals surface area contributed by atoms with Crippen molar-refractivity contribution in [2.75, 3.05) is 12.8 Å². The van der Waals surface area contributed by atoms with Crippen molar-refractivity contribution in [2.45, 2.75) is 32.2 Å². The molecule has 3 N–H and O–H groups in total. The zero-order chi connectivity index (χ0) is 18.4. The van der Waals surface area contributed by atoms with Crippen LogP contribution in [0, 0.1) is 0 Å². The highest BCUT2D eigenvalue weighted by molar-refractivity contribution is 5.80. The number of nitrogens with two attached hydrogens (primary N) is 1. The maximum Gasteiger partial charge on any atom is 0.197 e. The minimum absolute atomic E-state index is 0.0829. The van der Waals surface area contributed by atoms with Crippen molar-refractivity contribution in [3.8, 4) is 5.75 Å².